The molecule has 11 nitrogen and oxygen atoms in total. The zero-order chi connectivity index (χ0) is 24.6. The predicted molar refractivity (Wildman–Crippen MR) is 118 cm³/mol. The zero-order valence-corrected chi connectivity index (χ0v) is 17.8. The van der Waals surface area contributed by atoms with Gasteiger partial charge in [-0.25, -0.2) is 5.01 Å². The van der Waals surface area contributed by atoms with Gasteiger partial charge in [-0.3, -0.25) is 34.6 Å². The second-order valence-corrected chi connectivity index (χ2v) is 7.55. The highest BCUT2D eigenvalue weighted by Gasteiger charge is 2.45. The topological polar surface area (TPSA) is 144 Å². The first-order chi connectivity index (χ1) is 16.2. The molecule has 0 atom stereocenters. The summed E-state index contributed by atoms with van der Waals surface area (Å²) in [6, 6.07) is 14.7. The van der Waals surface area contributed by atoms with Gasteiger partial charge in [0.15, 0.2) is 0 Å². The van der Waals surface area contributed by atoms with Crippen molar-refractivity contribution in [2.75, 3.05) is 0 Å². The van der Waals surface area contributed by atoms with Gasteiger partial charge in [-0.1, -0.05) is 41.9 Å². The largest absolute Gasteiger partial charge is 0.287 e. The van der Waals surface area contributed by atoms with E-state index in [1.165, 1.54) is 54.6 Å². The summed E-state index contributed by atoms with van der Waals surface area (Å²) >= 11 is 6.16. The third-order valence-electron chi connectivity index (χ3n) is 5.13. The van der Waals surface area contributed by atoms with Crippen LogP contribution in [0.25, 0.3) is 0 Å². The van der Waals surface area contributed by atoms with Crippen molar-refractivity contribution in [2.45, 2.75) is 6.54 Å². The molecule has 0 N–H and O–H groups in total. The average Bonchev–Trinajstić information content (AvgIpc) is 3.07. The number of imide groups is 1. The maximum atomic E-state index is 13.4. The first-order valence-corrected chi connectivity index (χ1v) is 10.0. The van der Waals surface area contributed by atoms with Crippen LogP contribution in [0, 0.1) is 20.2 Å². The van der Waals surface area contributed by atoms with Gasteiger partial charge in [0.1, 0.15) is 5.56 Å². The highest BCUT2D eigenvalue weighted by molar-refractivity contribution is 6.34. The van der Waals surface area contributed by atoms with E-state index in [2.05, 4.69) is 0 Å². The van der Waals surface area contributed by atoms with Crippen LogP contribution in [0.4, 0.5) is 11.4 Å². The molecule has 0 aliphatic carbocycles. The van der Waals surface area contributed by atoms with Crippen LogP contribution >= 0.6 is 11.6 Å². The maximum Gasteiger partial charge on any atom is 0.287 e. The normalized spacial score (nSPS) is 12.4. The van der Waals surface area contributed by atoms with Gasteiger partial charge in [0.05, 0.1) is 32.5 Å². The molecule has 0 fully saturated rings. The molecule has 34 heavy (non-hydrogen) atoms. The van der Waals surface area contributed by atoms with Crippen molar-refractivity contribution >= 4 is 40.7 Å². The number of rotatable bonds is 6. The number of benzene rings is 3. The summed E-state index contributed by atoms with van der Waals surface area (Å²) in [5, 5.41) is 23.8. The van der Waals surface area contributed by atoms with Crippen molar-refractivity contribution in [3.05, 3.63) is 114 Å². The molecular formula is C22H13ClN4O7. The number of carbonyl (C=O) groups excluding carboxylic acids is 3. The molecule has 4 rings (SSSR count). The quantitative estimate of drug-likeness (QED) is 0.294. The Bertz CT molecular complexity index is 1370. The van der Waals surface area contributed by atoms with E-state index in [1.54, 1.807) is 6.07 Å². The van der Waals surface area contributed by atoms with E-state index in [0.717, 1.165) is 11.1 Å². The lowest BCUT2D eigenvalue weighted by Gasteiger charge is -2.30. The first kappa shape index (κ1) is 22.6. The molecule has 0 radical (unpaired) electrons. The number of hydrogen-bond donors (Lipinski definition) is 0. The van der Waals surface area contributed by atoms with Crippen LogP contribution in [0.1, 0.15) is 36.6 Å². The molecule has 170 valence electrons. The van der Waals surface area contributed by atoms with Gasteiger partial charge in [-0.05, 0) is 23.8 Å². The van der Waals surface area contributed by atoms with Crippen molar-refractivity contribution in [2.24, 2.45) is 0 Å². The smallest absolute Gasteiger partial charge is 0.267 e. The molecule has 0 bridgehead atoms. The Morgan fingerprint density at radius 3 is 2.18 bits per heavy atom. The van der Waals surface area contributed by atoms with Crippen LogP contribution < -0.4 is 0 Å². The predicted octanol–water partition coefficient (Wildman–Crippen LogP) is 4.01. The number of amides is 3. The zero-order valence-electron chi connectivity index (χ0n) is 17.1. The minimum Gasteiger partial charge on any atom is -0.267 e. The first-order valence-electron chi connectivity index (χ1n) is 9.66. The maximum absolute atomic E-state index is 13.4. The Morgan fingerprint density at radius 2 is 1.56 bits per heavy atom. The van der Waals surface area contributed by atoms with Crippen molar-refractivity contribution in [3.63, 3.8) is 0 Å². The van der Waals surface area contributed by atoms with Gasteiger partial charge in [0.25, 0.3) is 29.1 Å². The summed E-state index contributed by atoms with van der Waals surface area (Å²) in [6.45, 7) is -0.346. The van der Waals surface area contributed by atoms with E-state index >= 15 is 0 Å². The van der Waals surface area contributed by atoms with E-state index in [-0.39, 0.29) is 28.4 Å². The number of nitro benzene ring substituents is 2. The Kier molecular flexibility index (Phi) is 5.78. The number of hydrazine groups is 1. The van der Waals surface area contributed by atoms with Gasteiger partial charge in [-0.15, -0.1) is 0 Å². The van der Waals surface area contributed by atoms with Crippen LogP contribution in [-0.4, -0.2) is 37.6 Å². The molecule has 3 aromatic rings. The van der Waals surface area contributed by atoms with Gasteiger partial charge in [0, 0.05) is 18.2 Å². The number of nitrogens with zero attached hydrogens (tertiary/aromatic N) is 4. The van der Waals surface area contributed by atoms with Gasteiger partial charge in [0.2, 0.25) is 0 Å². The lowest BCUT2D eigenvalue weighted by Crippen LogP contribution is -2.49. The fourth-order valence-corrected chi connectivity index (χ4v) is 3.75. The fraction of sp³-hybridized carbons (Fsp3) is 0.0455. The number of non-ortho nitro benzene ring substituents is 1. The Balaban J connectivity index is 1.80. The molecule has 0 saturated heterocycles. The summed E-state index contributed by atoms with van der Waals surface area (Å²) in [4.78, 5) is 60.8. The van der Waals surface area contributed by atoms with E-state index in [9.17, 15) is 34.6 Å². The second kappa shape index (κ2) is 8.71. The van der Waals surface area contributed by atoms with E-state index in [4.69, 9.17) is 11.6 Å². The van der Waals surface area contributed by atoms with Crippen LogP contribution in [0.15, 0.2) is 66.7 Å². The summed E-state index contributed by atoms with van der Waals surface area (Å²) in [7, 11) is 0. The van der Waals surface area contributed by atoms with Crippen LogP contribution in [0.5, 0.6) is 0 Å². The van der Waals surface area contributed by atoms with E-state index < -0.39 is 38.8 Å². The number of carbonyl (C=O) groups is 3. The van der Waals surface area contributed by atoms with E-state index in [0.29, 0.717) is 10.6 Å². The van der Waals surface area contributed by atoms with Gasteiger partial charge in [-0.2, -0.15) is 5.01 Å². The SMILES string of the molecule is O=C(c1ccccc1Cl)N(Cc1ccc([N+](=O)[O-])cc1)N1C(=O)c2cccc([N+](=O)[O-])c2C1=O. The Labute approximate surface area is 196 Å². The molecule has 0 unspecified atom stereocenters. The Morgan fingerprint density at radius 1 is 0.882 bits per heavy atom. The van der Waals surface area contributed by atoms with Crippen molar-refractivity contribution in [3.8, 4) is 0 Å². The number of halogens is 1. The molecule has 0 aromatic heterocycles. The highest BCUT2D eigenvalue weighted by atomic mass is 35.5. The third-order valence-corrected chi connectivity index (χ3v) is 5.46. The summed E-state index contributed by atoms with van der Waals surface area (Å²) in [5.74, 6) is -2.79. The minimum absolute atomic E-state index is 0.0165. The second-order valence-electron chi connectivity index (χ2n) is 7.15. The van der Waals surface area contributed by atoms with Gasteiger partial charge < -0.3 is 0 Å². The highest BCUT2D eigenvalue weighted by Crippen LogP contribution is 2.33. The summed E-state index contributed by atoms with van der Waals surface area (Å²) < 4.78 is 0. The van der Waals surface area contributed by atoms with E-state index in [1.807, 2.05) is 0 Å². The molecule has 0 spiro atoms. The van der Waals surface area contributed by atoms with Crippen LogP contribution in [0.3, 0.4) is 0 Å². The lowest BCUT2D eigenvalue weighted by atomic mass is 10.1. The van der Waals surface area contributed by atoms with Crippen LogP contribution in [-0.2, 0) is 6.54 Å². The summed E-state index contributed by atoms with van der Waals surface area (Å²) in [6.07, 6.45) is 0. The van der Waals surface area contributed by atoms with Crippen molar-refractivity contribution < 1.29 is 24.2 Å². The molecule has 0 saturated carbocycles. The van der Waals surface area contributed by atoms with Crippen molar-refractivity contribution in [1.29, 1.82) is 0 Å². The molecule has 3 aromatic carbocycles. The number of nitro groups is 2. The van der Waals surface area contributed by atoms with Crippen LogP contribution in [0.2, 0.25) is 5.02 Å². The van der Waals surface area contributed by atoms with Crippen molar-refractivity contribution in [1.82, 2.24) is 10.0 Å². The molecule has 1 aliphatic heterocycles. The molecular weight excluding hydrogens is 468 g/mol. The molecule has 1 aliphatic rings. The Hall–Kier alpha value is -4.64. The number of hydrogen-bond acceptors (Lipinski definition) is 7. The standard InChI is InChI=1S/C22H13ClN4O7/c23-17-6-2-1-4-15(17)20(28)24(12-13-8-10-14(11-9-13)26(31)32)25-21(29)16-5-3-7-18(27(33)34)19(16)22(25)30/h1-11H,12H2. The molecule has 3 amide bonds. The van der Waals surface area contributed by atoms with Gasteiger partial charge >= 0.3 is 0 Å². The lowest BCUT2D eigenvalue weighted by molar-refractivity contribution is -0.385. The third kappa shape index (κ3) is 3.84. The summed E-state index contributed by atoms with van der Waals surface area (Å²) in [5.41, 5.74) is -1.07. The molecule has 12 heteroatoms. The minimum atomic E-state index is -1.05. The molecule has 1 heterocycles. The number of fused-ring (bicyclic) bond motifs is 1. The average molecular weight is 481 g/mol. The monoisotopic (exact) mass is 480 g/mol. The fourth-order valence-electron chi connectivity index (χ4n) is 3.53.